The van der Waals surface area contributed by atoms with E-state index in [1.807, 2.05) is 49.6 Å². The van der Waals surface area contributed by atoms with Gasteiger partial charge in [0.1, 0.15) is 0 Å². The topological polar surface area (TPSA) is 69.0 Å². The van der Waals surface area contributed by atoms with Gasteiger partial charge in [0.05, 0.1) is 6.61 Å². The summed E-state index contributed by atoms with van der Waals surface area (Å²) in [4.78, 5) is 11.8. The molecule has 2 aromatic rings. The molecule has 0 saturated carbocycles. The van der Waals surface area contributed by atoms with E-state index in [-0.39, 0.29) is 5.92 Å². The van der Waals surface area contributed by atoms with Gasteiger partial charge in [-0.05, 0) is 24.5 Å². The van der Waals surface area contributed by atoms with Crippen molar-refractivity contribution >= 4 is 35.4 Å². The number of benzene rings is 1. The maximum Gasteiger partial charge on any atom is 0.414 e. The summed E-state index contributed by atoms with van der Waals surface area (Å²) in [5.41, 5.74) is 1.03. The lowest BCUT2D eigenvalue weighted by Crippen LogP contribution is -2.19. The molecule has 6 nitrogen and oxygen atoms in total. The number of nitrogens with one attached hydrogen (secondary N) is 1. The number of hydrogen-bond acceptors (Lipinski definition) is 5. The quantitative estimate of drug-likeness (QED) is 0.731. The van der Waals surface area contributed by atoms with Gasteiger partial charge < -0.3 is 4.74 Å². The van der Waals surface area contributed by atoms with Gasteiger partial charge in [0.2, 0.25) is 5.95 Å². The third-order valence-electron chi connectivity index (χ3n) is 3.11. The average Bonchev–Trinajstić information content (AvgIpc) is 2.93. The second kappa shape index (κ2) is 8.94. The summed E-state index contributed by atoms with van der Waals surface area (Å²) in [6.45, 7) is 6.92. The molecule has 1 aromatic heterocycles. The monoisotopic (exact) mass is 368 g/mol. The minimum atomic E-state index is -0.520. The molecule has 0 atom stereocenters. The minimum absolute atomic E-state index is 0.279. The van der Waals surface area contributed by atoms with Gasteiger partial charge in [-0.15, -0.1) is 10.2 Å². The molecule has 24 heavy (non-hydrogen) atoms. The highest BCUT2D eigenvalue weighted by molar-refractivity contribution is 7.98. The highest BCUT2D eigenvalue weighted by Crippen LogP contribution is 2.26. The molecule has 0 unspecified atom stereocenters. The van der Waals surface area contributed by atoms with Gasteiger partial charge in [0, 0.05) is 17.3 Å². The van der Waals surface area contributed by atoms with Crippen LogP contribution in [-0.2, 0) is 17.0 Å². The molecule has 0 bridgehead atoms. The zero-order chi connectivity index (χ0) is 17.5. The Bertz CT molecular complexity index is 690. The molecule has 8 heteroatoms. The first-order valence-corrected chi connectivity index (χ1v) is 9.10. The van der Waals surface area contributed by atoms with Crippen molar-refractivity contribution in [3.8, 4) is 0 Å². The second-order valence-corrected chi connectivity index (χ2v) is 6.90. The predicted octanol–water partition coefficient (Wildman–Crippen LogP) is 4.45. The fourth-order valence-electron chi connectivity index (χ4n) is 1.90. The van der Waals surface area contributed by atoms with Gasteiger partial charge in [-0.1, -0.05) is 55.4 Å². The number of carbonyl (C=O) groups is 1. The first-order chi connectivity index (χ1) is 11.5. The summed E-state index contributed by atoms with van der Waals surface area (Å²) < 4.78 is 6.94. The molecule has 1 aromatic carbocycles. The summed E-state index contributed by atoms with van der Waals surface area (Å²) in [5.74, 6) is 1.34. The molecule has 1 amide bonds. The van der Waals surface area contributed by atoms with Crippen LogP contribution in [0.4, 0.5) is 10.7 Å². The van der Waals surface area contributed by atoms with Crippen molar-refractivity contribution in [1.29, 1.82) is 0 Å². The summed E-state index contributed by atoms with van der Waals surface area (Å²) in [6.07, 6.45) is -0.520. The minimum Gasteiger partial charge on any atom is -0.449 e. The molecule has 1 heterocycles. The molecule has 0 aliphatic rings. The van der Waals surface area contributed by atoms with Crippen molar-refractivity contribution in [2.45, 2.75) is 38.2 Å². The maximum atomic E-state index is 11.8. The average molecular weight is 369 g/mol. The summed E-state index contributed by atoms with van der Waals surface area (Å²) >= 11 is 7.69. The summed E-state index contributed by atoms with van der Waals surface area (Å²) in [6, 6.07) is 7.68. The molecular formula is C16H21ClN4O2S. The van der Waals surface area contributed by atoms with Gasteiger partial charge >= 0.3 is 6.09 Å². The van der Waals surface area contributed by atoms with Crippen LogP contribution in [0, 0.1) is 5.92 Å². The van der Waals surface area contributed by atoms with Crippen LogP contribution < -0.4 is 5.32 Å². The Balaban J connectivity index is 2.01. The normalized spacial score (nSPS) is 10.9. The number of carbonyl (C=O) groups excluding carboxylic acids is 1. The van der Waals surface area contributed by atoms with E-state index >= 15 is 0 Å². The van der Waals surface area contributed by atoms with E-state index in [9.17, 15) is 4.79 Å². The highest BCUT2D eigenvalue weighted by Gasteiger charge is 2.15. The first kappa shape index (κ1) is 18.6. The molecule has 0 aliphatic heterocycles. The van der Waals surface area contributed by atoms with Crippen molar-refractivity contribution in [2.24, 2.45) is 5.92 Å². The van der Waals surface area contributed by atoms with Gasteiger partial charge in [-0.25, -0.2) is 4.79 Å². The van der Waals surface area contributed by atoms with Crippen LogP contribution in [0.15, 0.2) is 29.4 Å². The largest absolute Gasteiger partial charge is 0.449 e. The molecule has 0 fully saturated rings. The van der Waals surface area contributed by atoms with Crippen LogP contribution in [0.25, 0.3) is 0 Å². The third kappa shape index (κ3) is 5.14. The Morgan fingerprint density at radius 1 is 1.38 bits per heavy atom. The van der Waals surface area contributed by atoms with Crippen molar-refractivity contribution in [3.05, 3.63) is 34.9 Å². The standard InChI is InChI=1S/C16H21ClN4O2S/c1-4-21-14(18-16(22)23-9-11(2)3)19-20-15(21)24-10-12-7-5-6-8-13(12)17/h5-8,11H,4,9-10H2,1-3H3,(H,18,19,22). The Labute approximate surface area is 150 Å². The zero-order valence-corrected chi connectivity index (χ0v) is 15.5. The lowest BCUT2D eigenvalue weighted by atomic mass is 10.2. The van der Waals surface area contributed by atoms with Crippen molar-refractivity contribution in [1.82, 2.24) is 14.8 Å². The fraction of sp³-hybridized carbons (Fsp3) is 0.438. The highest BCUT2D eigenvalue weighted by atomic mass is 35.5. The van der Waals surface area contributed by atoms with E-state index in [1.54, 1.807) is 0 Å². The predicted molar refractivity (Wildman–Crippen MR) is 96.5 cm³/mol. The number of thioether (sulfide) groups is 1. The number of amides is 1. The van der Waals surface area contributed by atoms with Crippen LogP contribution in [0.3, 0.4) is 0 Å². The van der Waals surface area contributed by atoms with E-state index in [4.69, 9.17) is 16.3 Å². The molecule has 0 spiro atoms. The molecule has 0 aliphatic carbocycles. The molecule has 2 rings (SSSR count). The zero-order valence-electron chi connectivity index (χ0n) is 14.0. The van der Waals surface area contributed by atoms with E-state index in [0.717, 1.165) is 15.7 Å². The smallest absolute Gasteiger partial charge is 0.414 e. The van der Waals surface area contributed by atoms with Crippen LogP contribution in [0.5, 0.6) is 0 Å². The molecule has 0 saturated heterocycles. The van der Waals surface area contributed by atoms with Crippen molar-refractivity contribution in [2.75, 3.05) is 11.9 Å². The van der Waals surface area contributed by atoms with E-state index in [1.165, 1.54) is 11.8 Å². The van der Waals surface area contributed by atoms with E-state index in [2.05, 4.69) is 15.5 Å². The number of hydrogen-bond donors (Lipinski definition) is 1. The number of nitrogens with zero attached hydrogens (tertiary/aromatic N) is 3. The number of ether oxygens (including phenoxy) is 1. The van der Waals surface area contributed by atoms with E-state index < -0.39 is 6.09 Å². The molecule has 130 valence electrons. The summed E-state index contributed by atoms with van der Waals surface area (Å²) in [5, 5.41) is 12.3. The first-order valence-electron chi connectivity index (χ1n) is 7.74. The van der Waals surface area contributed by atoms with Gasteiger partial charge in [-0.3, -0.25) is 9.88 Å². The maximum absolute atomic E-state index is 11.8. The van der Waals surface area contributed by atoms with E-state index in [0.29, 0.717) is 24.9 Å². The SMILES string of the molecule is CCn1c(NC(=O)OCC(C)C)nnc1SCc1ccccc1Cl. The summed E-state index contributed by atoms with van der Waals surface area (Å²) in [7, 11) is 0. The lowest BCUT2D eigenvalue weighted by molar-refractivity contribution is 0.147. The second-order valence-electron chi connectivity index (χ2n) is 5.55. The molecule has 0 radical (unpaired) electrons. The van der Waals surface area contributed by atoms with Crippen molar-refractivity contribution in [3.63, 3.8) is 0 Å². The van der Waals surface area contributed by atoms with Crippen LogP contribution >= 0.6 is 23.4 Å². The Morgan fingerprint density at radius 2 is 2.12 bits per heavy atom. The Kier molecular flexibility index (Phi) is 6.93. The van der Waals surface area contributed by atoms with Gasteiger partial charge in [-0.2, -0.15) is 0 Å². The van der Waals surface area contributed by atoms with Crippen LogP contribution in [0.1, 0.15) is 26.3 Å². The number of halogens is 1. The van der Waals surface area contributed by atoms with Gasteiger partial charge in [0.25, 0.3) is 0 Å². The Hall–Kier alpha value is -1.73. The number of aromatic nitrogens is 3. The number of anilines is 1. The van der Waals surface area contributed by atoms with Crippen LogP contribution in [0.2, 0.25) is 5.02 Å². The Morgan fingerprint density at radius 3 is 2.79 bits per heavy atom. The fourth-order valence-corrected chi connectivity index (χ4v) is 3.19. The lowest BCUT2D eigenvalue weighted by Gasteiger charge is -2.10. The number of rotatable bonds is 7. The van der Waals surface area contributed by atoms with Gasteiger partial charge in [0.15, 0.2) is 5.16 Å². The molecule has 1 N–H and O–H groups in total. The molecular weight excluding hydrogens is 348 g/mol. The third-order valence-corrected chi connectivity index (χ3v) is 4.49. The van der Waals surface area contributed by atoms with Crippen molar-refractivity contribution < 1.29 is 9.53 Å². The van der Waals surface area contributed by atoms with Crippen LogP contribution in [-0.4, -0.2) is 27.5 Å².